The molecule has 1 spiro atoms. The average Bonchev–Trinajstić information content (AvgIpc) is 2.68. The molecule has 4 heteroatoms. The van der Waals surface area contributed by atoms with Gasteiger partial charge in [-0.1, -0.05) is 0 Å². The van der Waals surface area contributed by atoms with Gasteiger partial charge in [-0.3, -0.25) is 9.69 Å². The lowest BCUT2D eigenvalue weighted by molar-refractivity contribution is -0.142. The molecule has 4 rings (SSSR count). The molecule has 2 heterocycles. The maximum atomic E-state index is 12.5. The minimum absolute atomic E-state index is 0.0247. The zero-order chi connectivity index (χ0) is 13.9. The van der Waals surface area contributed by atoms with Crippen LogP contribution in [0.15, 0.2) is 0 Å². The predicted molar refractivity (Wildman–Crippen MR) is 74.1 cm³/mol. The van der Waals surface area contributed by atoms with Gasteiger partial charge in [0.05, 0.1) is 6.10 Å². The summed E-state index contributed by atoms with van der Waals surface area (Å²) >= 11 is 0. The standard InChI is InChI=1S/C16H25NO3/c18-9-10-7-14-16-4-2-6-17(14)5-1-3-11(16)13(19)8-12(16)15(10)20/h10-12,14-15,18,20H,1-9H2/t10-,11-,12-,14+,15-,16-/m1/s1. The van der Waals surface area contributed by atoms with Crippen molar-refractivity contribution in [1.82, 2.24) is 4.90 Å². The number of aliphatic hydroxyl groups excluding tert-OH is 2. The van der Waals surface area contributed by atoms with E-state index >= 15 is 0 Å². The van der Waals surface area contributed by atoms with E-state index in [-0.39, 0.29) is 29.8 Å². The summed E-state index contributed by atoms with van der Waals surface area (Å²) in [7, 11) is 0. The highest BCUT2D eigenvalue weighted by molar-refractivity contribution is 5.85. The van der Waals surface area contributed by atoms with Crippen LogP contribution >= 0.6 is 0 Å². The first-order valence-corrected chi connectivity index (χ1v) is 8.24. The third kappa shape index (κ3) is 1.50. The fraction of sp³-hybridized carbons (Fsp3) is 0.938. The molecule has 1 unspecified atom stereocenters. The number of piperidine rings is 1. The predicted octanol–water partition coefficient (Wildman–Crippen LogP) is 0.809. The number of carbonyl (C=O) groups excluding carboxylic acids is 1. The van der Waals surface area contributed by atoms with Crippen molar-refractivity contribution in [3.8, 4) is 0 Å². The van der Waals surface area contributed by atoms with Crippen LogP contribution in [-0.2, 0) is 4.79 Å². The number of aliphatic hydroxyl groups is 2. The van der Waals surface area contributed by atoms with Crippen LogP contribution < -0.4 is 0 Å². The highest BCUT2D eigenvalue weighted by Crippen LogP contribution is 2.62. The van der Waals surface area contributed by atoms with Crippen molar-refractivity contribution in [3.05, 3.63) is 0 Å². The fourth-order valence-corrected chi connectivity index (χ4v) is 6.14. The van der Waals surface area contributed by atoms with E-state index in [2.05, 4.69) is 4.90 Å². The average molecular weight is 279 g/mol. The summed E-state index contributed by atoms with van der Waals surface area (Å²) in [6.07, 6.45) is 5.32. The minimum Gasteiger partial charge on any atom is -0.396 e. The number of Topliss-reactive ketones (excluding diaryl/α,β-unsaturated/α-hetero) is 1. The van der Waals surface area contributed by atoms with E-state index in [1.165, 1.54) is 0 Å². The number of hydrogen-bond donors (Lipinski definition) is 2. The van der Waals surface area contributed by atoms with Crippen LogP contribution in [0.3, 0.4) is 0 Å². The van der Waals surface area contributed by atoms with Gasteiger partial charge in [0.15, 0.2) is 0 Å². The van der Waals surface area contributed by atoms with Crippen LogP contribution in [-0.4, -0.2) is 52.7 Å². The van der Waals surface area contributed by atoms with Gasteiger partial charge in [0.25, 0.3) is 0 Å². The lowest BCUT2D eigenvalue weighted by atomic mass is 9.54. The van der Waals surface area contributed by atoms with Gasteiger partial charge in [-0.25, -0.2) is 0 Å². The maximum absolute atomic E-state index is 12.5. The number of rotatable bonds is 1. The molecule has 0 aromatic rings. The van der Waals surface area contributed by atoms with Gasteiger partial charge in [-0.2, -0.15) is 0 Å². The van der Waals surface area contributed by atoms with Crippen LogP contribution in [0.4, 0.5) is 0 Å². The topological polar surface area (TPSA) is 60.8 Å². The van der Waals surface area contributed by atoms with E-state index in [9.17, 15) is 15.0 Å². The Morgan fingerprint density at radius 1 is 1.30 bits per heavy atom. The Morgan fingerprint density at radius 2 is 2.10 bits per heavy atom. The zero-order valence-corrected chi connectivity index (χ0v) is 12.0. The van der Waals surface area contributed by atoms with Crippen molar-refractivity contribution in [2.75, 3.05) is 19.7 Å². The molecule has 0 radical (unpaired) electrons. The molecule has 4 nitrogen and oxygen atoms in total. The monoisotopic (exact) mass is 279 g/mol. The molecular formula is C16H25NO3. The van der Waals surface area contributed by atoms with Gasteiger partial charge in [0.1, 0.15) is 5.78 Å². The molecule has 2 aliphatic heterocycles. The number of hydrogen-bond acceptors (Lipinski definition) is 4. The molecule has 2 N–H and O–H groups in total. The van der Waals surface area contributed by atoms with Crippen LogP contribution in [0, 0.1) is 23.2 Å². The molecule has 2 saturated carbocycles. The van der Waals surface area contributed by atoms with E-state index in [0.29, 0.717) is 18.2 Å². The molecule has 2 aliphatic carbocycles. The first kappa shape index (κ1) is 13.2. The second kappa shape index (κ2) is 4.52. The largest absolute Gasteiger partial charge is 0.396 e. The summed E-state index contributed by atoms with van der Waals surface area (Å²) in [5, 5.41) is 20.3. The summed E-state index contributed by atoms with van der Waals surface area (Å²) in [5.74, 6) is 0.624. The van der Waals surface area contributed by atoms with Gasteiger partial charge in [0.2, 0.25) is 0 Å². The highest BCUT2D eigenvalue weighted by atomic mass is 16.3. The van der Waals surface area contributed by atoms with E-state index in [4.69, 9.17) is 0 Å². The molecule has 4 fully saturated rings. The van der Waals surface area contributed by atoms with Gasteiger partial charge in [-0.05, 0) is 51.1 Å². The van der Waals surface area contributed by atoms with Gasteiger partial charge >= 0.3 is 0 Å². The normalized spacial score (nSPS) is 54.4. The van der Waals surface area contributed by atoms with Gasteiger partial charge in [-0.15, -0.1) is 0 Å². The first-order chi connectivity index (χ1) is 9.68. The van der Waals surface area contributed by atoms with Gasteiger partial charge < -0.3 is 10.2 Å². The molecule has 20 heavy (non-hydrogen) atoms. The van der Waals surface area contributed by atoms with Crippen molar-refractivity contribution >= 4 is 5.78 Å². The van der Waals surface area contributed by atoms with Crippen molar-refractivity contribution < 1.29 is 15.0 Å². The van der Waals surface area contributed by atoms with Crippen LogP contribution in [0.2, 0.25) is 0 Å². The summed E-state index contributed by atoms with van der Waals surface area (Å²) in [6.45, 7) is 2.28. The number of nitrogens with zero attached hydrogens (tertiary/aromatic N) is 1. The second-order valence-corrected chi connectivity index (χ2v) is 7.41. The van der Waals surface area contributed by atoms with E-state index in [1.54, 1.807) is 0 Å². The zero-order valence-electron chi connectivity index (χ0n) is 12.0. The molecule has 0 amide bonds. The third-order valence-electron chi connectivity index (χ3n) is 6.86. The lowest BCUT2D eigenvalue weighted by Gasteiger charge is -2.58. The summed E-state index contributed by atoms with van der Waals surface area (Å²) < 4.78 is 0. The summed E-state index contributed by atoms with van der Waals surface area (Å²) in [4.78, 5) is 15.1. The molecule has 7 atom stereocenters. The summed E-state index contributed by atoms with van der Waals surface area (Å²) in [6, 6.07) is 0.417. The fourth-order valence-electron chi connectivity index (χ4n) is 6.14. The molecular weight excluding hydrogens is 254 g/mol. The maximum Gasteiger partial charge on any atom is 0.137 e. The van der Waals surface area contributed by atoms with E-state index in [0.717, 1.165) is 45.2 Å². The highest BCUT2D eigenvalue weighted by Gasteiger charge is 2.65. The molecule has 0 aromatic carbocycles. The van der Waals surface area contributed by atoms with Crippen LogP contribution in [0.1, 0.15) is 38.5 Å². The Hall–Kier alpha value is -0.450. The smallest absolute Gasteiger partial charge is 0.137 e. The number of ketones is 1. The van der Waals surface area contributed by atoms with Crippen LogP contribution in [0.25, 0.3) is 0 Å². The van der Waals surface area contributed by atoms with Crippen molar-refractivity contribution in [2.24, 2.45) is 23.2 Å². The third-order valence-corrected chi connectivity index (χ3v) is 6.86. The van der Waals surface area contributed by atoms with Crippen molar-refractivity contribution in [3.63, 3.8) is 0 Å². The molecule has 0 aromatic heterocycles. The first-order valence-electron chi connectivity index (χ1n) is 8.24. The number of carbonyl (C=O) groups is 1. The van der Waals surface area contributed by atoms with Gasteiger partial charge in [0, 0.05) is 36.3 Å². The van der Waals surface area contributed by atoms with Crippen LogP contribution in [0.5, 0.6) is 0 Å². The molecule has 4 aliphatic rings. The van der Waals surface area contributed by atoms with E-state index < -0.39 is 6.10 Å². The molecule has 112 valence electrons. The second-order valence-electron chi connectivity index (χ2n) is 7.41. The van der Waals surface area contributed by atoms with E-state index in [1.807, 2.05) is 0 Å². The Balaban J connectivity index is 1.82. The molecule has 2 bridgehead atoms. The Kier molecular flexibility index (Phi) is 2.99. The summed E-state index contributed by atoms with van der Waals surface area (Å²) in [5.41, 5.74) is 0.0247. The van der Waals surface area contributed by atoms with Crippen molar-refractivity contribution in [2.45, 2.75) is 50.7 Å². The quantitative estimate of drug-likeness (QED) is 0.746. The minimum atomic E-state index is -0.483. The Morgan fingerprint density at radius 3 is 2.90 bits per heavy atom. The molecule has 2 saturated heterocycles. The Bertz CT molecular complexity index is 426. The SMILES string of the molecule is O=C1C[C@@H]2[C@H](O)[C@@H](CO)C[C@@H]3N4CCC[C@H]1[C@]23CCC4. The Labute approximate surface area is 120 Å². The lowest BCUT2D eigenvalue weighted by Crippen LogP contribution is -2.62. The van der Waals surface area contributed by atoms with Crippen molar-refractivity contribution in [1.29, 1.82) is 0 Å².